The Morgan fingerprint density at radius 3 is 2.32 bits per heavy atom. The van der Waals surface area contributed by atoms with Gasteiger partial charge in [0.15, 0.2) is 0 Å². The highest BCUT2D eigenvalue weighted by Crippen LogP contribution is 2.27. The van der Waals surface area contributed by atoms with Crippen molar-refractivity contribution in [3.8, 4) is 0 Å². The topological polar surface area (TPSA) is 54.5 Å². The number of carbonyl (C=O) groups is 3. The van der Waals surface area contributed by atoms with E-state index in [1.54, 1.807) is 36.4 Å². The lowest BCUT2D eigenvalue weighted by atomic mass is 9.97. The number of benzene rings is 2. The fourth-order valence-electron chi connectivity index (χ4n) is 2.53. The third-order valence-corrected chi connectivity index (χ3v) is 4.38. The van der Waals surface area contributed by atoms with Gasteiger partial charge in [0.1, 0.15) is 0 Å². The second-order valence-electron chi connectivity index (χ2n) is 5.03. The van der Waals surface area contributed by atoms with Gasteiger partial charge in [-0.3, -0.25) is 19.3 Å². The minimum absolute atomic E-state index is 0.0852. The van der Waals surface area contributed by atoms with Crippen molar-refractivity contribution >= 4 is 33.5 Å². The quantitative estimate of drug-likeness (QED) is 0.613. The van der Waals surface area contributed by atoms with E-state index >= 15 is 0 Å². The third-order valence-electron chi connectivity index (χ3n) is 3.69. The van der Waals surface area contributed by atoms with Gasteiger partial charge in [-0.25, -0.2) is 0 Å². The molecule has 0 saturated carbocycles. The summed E-state index contributed by atoms with van der Waals surface area (Å²) in [6.45, 7) is 0.0852. The Morgan fingerprint density at radius 1 is 1.00 bits per heavy atom. The van der Waals surface area contributed by atoms with Crippen LogP contribution in [0.25, 0.3) is 0 Å². The fourth-order valence-corrected chi connectivity index (χ4v) is 2.98. The molecule has 0 aromatic heterocycles. The van der Waals surface area contributed by atoms with Crippen LogP contribution in [0.15, 0.2) is 59.1 Å². The number of amides is 2. The molecule has 0 aliphatic carbocycles. The van der Waals surface area contributed by atoms with Gasteiger partial charge in [-0.2, -0.15) is 0 Å². The van der Waals surface area contributed by atoms with Crippen LogP contribution in [0.1, 0.15) is 21.8 Å². The van der Waals surface area contributed by atoms with Gasteiger partial charge in [0, 0.05) is 11.0 Å². The summed E-state index contributed by atoms with van der Waals surface area (Å²) in [5, 5.41) is 0. The molecule has 1 fully saturated rings. The van der Waals surface area contributed by atoms with Gasteiger partial charge in [-0.15, -0.1) is 0 Å². The predicted molar refractivity (Wildman–Crippen MR) is 84.4 cm³/mol. The highest BCUT2D eigenvalue weighted by molar-refractivity contribution is 9.10. The summed E-state index contributed by atoms with van der Waals surface area (Å²) >= 11 is 3.30. The van der Waals surface area contributed by atoms with Gasteiger partial charge in [-0.1, -0.05) is 42.5 Å². The lowest BCUT2D eigenvalue weighted by Crippen LogP contribution is -2.34. The van der Waals surface area contributed by atoms with Crippen molar-refractivity contribution in [1.82, 2.24) is 4.90 Å². The van der Waals surface area contributed by atoms with E-state index in [4.69, 9.17) is 0 Å². The van der Waals surface area contributed by atoms with Crippen molar-refractivity contribution < 1.29 is 14.4 Å². The monoisotopic (exact) mass is 357 g/mol. The summed E-state index contributed by atoms with van der Waals surface area (Å²) in [5.41, 5.74) is 1.13. The molecule has 1 atom stereocenters. The Hall–Kier alpha value is -2.27. The van der Waals surface area contributed by atoms with E-state index in [-0.39, 0.29) is 6.54 Å². The Labute approximate surface area is 135 Å². The molecule has 1 saturated heterocycles. The molecule has 0 radical (unpaired) electrons. The molecule has 0 bridgehead atoms. The first-order valence-electron chi connectivity index (χ1n) is 6.79. The molecule has 2 amide bonds. The van der Waals surface area contributed by atoms with Gasteiger partial charge in [0.05, 0.1) is 11.5 Å². The van der Waals surface area contributed by atoms with Crippen LogP contribution in [0, 0.1) is 0 Å². The summed E-state index contributed by atoms with van der Waals surface area (Å²) in [5.74, 6) is -2.31. The van der Waals surface area contributed by atoms with Crippen LogP contribution in [0.3, 0.4) is 0 Å². The van der Waals surface area contributed by atoms with Gasteiger partial charge in [0.2, 0.25) is 5.78 Å². The molecule has 1 aliphatic heterocycles. The Balaban J connectivity index is 1.91. The van der Waals surface area contributed by atoms with E-state index in [1.165, 1.54) is 0 Å². The average molecular weight is 358 g/mol. The zero-order valence-corrected chi connectivity index (χ0v) is 13.1. The molecule has 5 heteroatoms. The second kappa shape index (κ2) is 5.85. The second-order valence-corrected chi connectivity index (χ2v) is 5.88. The van der Waals surface area contributed by atoms with Gasteiger partial charge in [0.25, 0.3) is 11.8 Å². The minimum Gasteiger partial charge on any atom is -0.288 e. The minimum atomic E-state index is -0.741. The number of hydrogen-bond acceptors (Lipinski definition) is 3. The van der Waals surface area contributed by atoms with Crippen LogP contribution in [0.5, 0.6) is 0 Å². The van der Waals surface area contributed by atoms with Crippen LogP contribution in [-0.2, 0) is 9.59 Å². The van der Waals surface area contributed by atoms with Gasteiger partial charge >= 0.3 is 0 Å². The zero-order chi connectivity index (χ0) is 15.7. The summed E-state index contributed by atoms with van der Waals surface area (Å²) in [4.78, 5) is 37.9. The first-order chi connectivity index (χ1) is 10.6. The SMILES string of the molecule is O=C1C(=O)N(C(=O)c2ccccc2Br)C[C@@H]1c1ccccc1. The normalized spacial score (nSPS) is 17.9. The van der Waals surface area contributed by atoms with Crippen molar-refractivity contribution in [2.75, 3.05) is 6.54 Å². The van der Waals surface area contributed by atoms with E-state index in [0.29, 0.717) is 10.0 Å². The molecule has 0 N–H and O–H groups in total. The van der Waals surface area contributed by atoms with Gasteiger partial charge < -0.3 is 0 Å². The number of ketones is 1. The molecule has 1 aliphatic rings. The predicted octanol–water partition coefficient (Wildman–Crippen LogP) is 2.78. The molecule has 2 aromatic rings. The first kappa shape index (κ1) is 14.7. The fraction of sp³-hybridized carbons (Fsp3) is 0.118. The van der Waals surface area contributed by atoms with Gasteiger partial charge in [-0.05, 0) is 33.6 Å². The molecule has 22 heavy (non-hydrogen) atoms. The Morgan fingerprint density at radius 2 is 1.64 bits per heavy atom. The number of halogens is 1. The van der Waals surface area contributed by atoms with Crippen LogP contribution in [0.2, 0.25) is 0 Å². The lowest BCUT2D eigenvalue weighted by Gasteiger charge is -2.14. The summed E-state index contributed by atoms with van der Waals surface area (Å²) in [6.07, 6.45) is 0. The maximum absolute atomic E-state index is 12.5. The molecule has 2 aromatic carbocycles. The molecule has 0 unspecified atom stereocenters. The zero-order valence-electron chi connectivity index (χ0n) is 11.5. The van der Waals surface area contributed by atoms with E-state index in [1.807, 2.05) is 18.2 Å². The highest BCUT2D eigenvalue weighted by atomic mass is 79.9. The summed E-state index contributed by atoms with van der Waals surface area (Å²) in [6, 6.07) is 15.9. The number of rotatable bonds is 2. The van der Waals surface area contributed by atoms with Crippen LogP contribution < -0.4 is 0 Å². The number of nitrogens with zero attached hydrogens (tertiary/aromatic N) is 1. The Kier molecular flexibility index (Phi) is 3.90. The third kappa shape index (κ3) is 2.48. The average Bonchev–Trinajstić information content (AvgIpc) is 2.84. The van der Waals surface area contributed by atoms with Crippen molar-refractivity contribution in [3.05, 3.63) is 70.2 Å². The smallest absolute Gasteiger partial charge is 0.288 e. The molecular formula is C17H12BrNO3. The van der Waals surface area contributed by atoms with E-state index < -0.39 is 23.5 Å². The van der Waals surface area contributed by atoms with Crippen LogP contribution in [0.4, 0.5) is 0 Å². The molecule has 4 nitrogen and oxygen atoms in total. The van der Waals surface area contributed by atoms with Crippen LogP contribution >= 0.6 is 15.9 Å². The van der Waals surface area contributed by atoms with Crippen molar-refractivity contribution in [2.45, 2.75) is 5.92 Å². The standard InChI is InChI=1S/C17H12BrNO3/c18-14-9-5-4-8-12(14)16(21)19-10-13(15(20)17(19)22)11-6-2-1-3-7-11/h1-9,13H,10H2/t13-/m1/s1. The van der Waals surface area contributed by atoms with Crippen molar-refractivity contribution in [3.63, 3.8) is 0 Å². The molecule has 3 rings (SSSR count). The molecule has 0 spiro atoms. The lowest BCUT2D eigenvalue weighted by molar-refractivity contribution is -0.139. The van der Waals surface area contributed by atoms with Crippen molar-refractivity contribution in [1.29, 1.82) is 0 Å². The van der Waals surface area contributed by atoms with E-state index in [9.17, 15) is 14.4 Å². The first-order valence-corrected chi connectivity index (χ1v) is 7.58. The maximum Gasteiger partial charge on any atom is 0.297 e. The number of hydrogen-bond donors (Lipinski definition) is 0. The molecular weight excluding hydrogens is 346 g/mol. The highest BCUT2D eigenvalue weighted by Gasteiger charge is 2.43. The largest absolute Gasteiger partial charge is 0.297 e. The van der Waals surface area contributed by atoms with E-state index in [2.05, 4.69) is 15.9 Å². The molecule has 1 heterocycles. The Bertz CT molecular complexity index is 758. The number of imide groups is 1. The number of likely N-dealkylation sites (tertiary alicyclic amines) is 1. The van der Waals surface area contributed by atoms with E-state index in [0.717, 1.165) is 10.5 Å². The summed E-state index contributed by atoms with van der Waals surface area (Å²) < 4.78 is 0.600. The number of Topliss-reactive ketones (excluding diaryl/α,β-unsaturated/α-hetero) is 1. The maximum atomic E-state index is 12.5. The summed E-state index contributed by atoms with van der Waals surface area (Å²) in [7, 11) is 0. The van der Waals surface area contributed by atoms with Crippen molar-refractivity contribution in [2.24, 2.45) is 0 Å². The molecule has 110 valence electrons. The number of carbonyl (C=O) groups excluding carboxylic acids is 3. The van der Waals surface area contributed by atoms with Crippen LogP contribution in [-0.4, -0.2) is 29.0 Å².